The van der Waals surface area contributed by atoms with E-state index in [2.05, 4.69) is 20.9 Å². The van der Waals surface area contributed by atoms with Crippen molar-refractivity contribution in [3.63, 3.8) is 0 Å². The second kappa shape index (κ2) is 17.5. The Hall–Kier alpha value is -3.95. The van der Waals surface area contributed by atoms with Gasteiger partial charge in [-0.25, -0.2) is 4.79 Å². The number of nitrogens with one attached hydrogen (secondary N) is 3. The highest BCUT2D eigenvalue weighted by Gasteiger charge is 2.29. The maximum absolute atomic E-state index is 13.0. The van der Waals surface area contributed by atoms with Crippen LogP contribution in [-0.4, -0.2) is 88.8 Å². The molecule has 0 bridgehead atoms. The van der Waals surface area contributed by atoms with Crippen molar-refractivity contribution in [1.82, 2.24) is 16.0 Å². The largest absolute Gasteiger partial charge is 0.508 e. The number of nitrogens with two attached hydrogens (primary N) is 4. The third-order valence-corrected chi connectivity index (χ3v) is 5.68. The molecule has 15 heteroatoms. The van der Waals surface area contributed by atoms with Gasteiger partial charge in [-0.3, -0.25) is 19.4 Å². The zero-order valence-corrected chi connectivity index (χ0v) is 21.7. The van der Waals surface area contributed by atoms with Gasteiger partial charge in [-0.1, -0.05) is 12.1 Å². The molecule has 0 aliphatic heterocycles. The van der Waals surface area contributed by atoms with Gasteiger partial charge in [-0.05, 0) is 62.8 Å². The number of carbonyl (C=O) groups is 4. The standard InChI is InChI=1S/C24H40N8O7/c25-10-2-1-4-17(30-20(35)16(26)12-14-6-8-15(34)9-7-14)21(36)32-19(13-33)22(37)31-18(23(38)39)5-3-11-29-24(27)28/h6-9,16-19,33-34H,1-5,10-13,25-26H2,(H,30,35)(H,31,37)(H,32,36)(H,38,39)(H4,27,28,29). The van der Waals surface area contributed by atoms with Crippen molar-refractivity contribution in [2.24, 2.45) is 27.9 Å². The molecular weight excluding hydrogens is 512 g/mol. The maximum Gasteiger partial charge on any atom is 0.326 e. The van der Waals surface area contributed by atoms with Gasteiger partial charge in [-0.2, -0.15) is 0 Å². The van der Waals surface area contributed by atoms with Crippen LogP contribution >= 0.6 is 0 Å². The van der Waals surface area contributed by atoms with E-state index < -0.39 is 54.5 Å². The lowest BCUT2D eigenvalue weighted by molar-refractivity contribution is -0.142. The van der Waals surface area contributed by atoms with Crippen molar-refractivity contribution in [3.05, 3.63) is 29.8 Å². The lowest BCUT2D eigenvalue weighted by atomic mass is 10.0. The number of amides is 3. The number of hydrogen-bond donors (Lipinski definition) is 10. The fourth-order valence-electron chi connectivity index (χ4n) is 3.52. The van der Waals surface area contributed by atoms with Crippen molar-refractivity contribution in [2.45, 2.75) is 62.7 Å². The van der Waals surface area contributed by atoms with Gasteiger partial charge in [0.25, 0.3) is 0 Å². The first-order valence-corrected chi connectivity index (χ1v) is 12.5. The van der Waals surface area contributed by atoms with Crippen molar-refractivity contribution in [3.8, 4) is 5.75 Å². The van der Waals surface area contributed by atoms with E-state index in [1.54, 1.807) is 12.1 Å². The molecule has 4 atom stereocenters. The summed E-state index contributed by atoms with van der Waals surface area (Å²) in [6, 6.07) is 1.27. The number of nitrogens with zero attached hydrogens (tertiary/aromatic N) is 1. The van der Waals surface area contributed by atoms with E-state index in [1.165, 1.54) is 12.1 Å². The molecule has 0 aromatic heterocycles. The van der Waals surface area contributed by atoms with Gasteiger partial charge in [0.05, 0.1) is 12.6 Å². The third-order valence-electron chi connectivity index (χ3n) is 5.68. The Morgan fingerprint density at radius 3 is 1.97 bits per heavy atom. The normalized spacial score (nSPS) is 13.8. The molecule has 39 heavy (non-hydrogen) atoms. The number of aliphatic hydroxyl groups is 1. The van der Waals surface area contributed by atoms with Gasteiger partial charge < -0.3 is 54.2 Å². The minimum absolute atomic E-state index is 0.000634. The number of unbranched alkanes of at least 4 members (excludes halogenated alkanes) is 1. The second-order valence-corrected chi connectivity index (χ2v) is 8.91. The third kappa shape index (κ3) is 12.9. The number of carboxylic acid groups (broad SMARTS) is 1. The zero-order valence-electron chi connectivity index (χ0n) is 21.7. The molecule has 1 aromatic carbocycles. The number of guanidine groups is 1. The van der Waals surface area contributed by atoms with Crippen LogP contribution in [0.1, 0.15) is 37.7 Å². The molecule has 3 amide bonds. The number of aliphatic carboxylic acids is 1. The number of carbonyl (C=O) groups excluding carboxylic acids is 3. The molecule has 0 fully saturated rings. The molecule has 0 saturated heterocycles. The van der Waals surface area contributed by atoms with Gasteiger partial charge in [-0.15, -0.1) is 0 Å². The molecule has 4 unspecified atom stereocenters. The SMILES string of the molecule is NCCCCC(NC(=O)C(N)Cc1ccc(O)cc1)C(=O)NC(CO)C(=O)NC(CCCN=C(N)N)C(=O)O. The molecule has 218 valence electrons. The monoisotopic (exact) mass is 552 g/mol. The summed E-state index contributed by atoms with van der Waals surface area (Å²) in [5, 5.41) is 35.7. The lowest BCUT2D eigenvalue weighted by Gasteiger charge is -2.24. The highest BCUT2D eigenvalue weighted by Crippen LogP contribution is 2.11. The Labute approximate surface area is 226 Å². The predicted octanol–water partition coefficient (Wildman–Crippen LogP) is -3.02. The molecule has 0 saturated carbocycles. The minimum Gasteiger partial charge on any atom is -0.508 e. The molecule has 1 rings (SSSR count). The van der Waals surface area contributed by atoms with Crippen LogP contribution in [0.25, 0.3) is 0 Å². The molecule has 0 aliphatic rings. The number of phenols is 1. The van der Waals surface area contributed by atoms with Crippen LogP contribution in [0.3, 0.4) is 0 Å². The Morgan fingerprint density at radius 2 is 1.41 bits per heavy atom. The van der Waals surface area contributed by atoms with E-state index in [-0.39, 0.29) is 43.9 Å². The summed E-state index contributed by atoms with van der Waals surface area (Å²) in [6.07, 6.45) is 1.64. The van der Waals surface area contributed by atoms with Crippen molar-refractivity contribution in [2.75, 3.05) is 19.7 Å². The number of aromatic hydroxyl groups is 1. The average Bonchev–Trinajstić information content (AvgIpc) is 2.89. The Balaban J connectivity index is 2.83. The molecule has 0 aliphatic carbocycles. The number of rotatable bonds is 18. The van der Waals surface area contributed by atoms with Crippen molar-refractivity contribution >= 4 is 29.7 Å². The average molecular weight is 553 g/mol. The van der Waals surface area contributed by atoms with Crippen LogP contribution in [-0.2, 0) is 25.6 Å². The fourth-order valence-corrected chi connectivity index (χ4v) is 3.52. The number of aliphatic imine (C=N–C) groups is 1. The van der Waals surface area contributed by atoms with Gasteiger partial charge in [0.1, 0.15) is 23.9 Å². The molecule has 1 aromatic rings. The molecular formula is C24H40N8O7. The molecule has 14 N–H and O–H groups in total. The zero-order chi connectivity index (χ0) is 29.4. The van der Waals surface area contributed by atoms with E-state index >= 15 is 0 Å². The lowest BCUT2D eigenvalue weighted by Crippen LogP contribution is -2.58. The van der Waals surface area contributed by atoms with Gasteiger partial charge in [0.2, 0.25) is 17.7 Å². The number of carboxylic acids is 1. The quantitative estimate of drug-likeness (QED) is 0.0496. The fraction of sp³-hybridized carbons (Fsp3) is 0.542. The van der Waals surface area contributed by atoms with E-state index in [1.807, 2.05) is 0 Å². The van der Waals surface area contributed by atoms with E-state index in [9.17, 15) is 34.5 Å². The summed E-state index contributed by atoms with van der Waals surface area (Å²) in [5.41, 5.74) is 22.7. The summed E-state index contributed by atoms with van der Waals surface area (Å²) >= 11 is 0. The van der Waals surface area contributed by atoms with Crippen LogP contribution < -0.4 is 38.9 Å². The van der Waals surface area contributed by atoms with Crippen LogP contribution in [0.15, 0.2) is 29.3 Å². The summed E-state index contributed by atoms with van der Waals surface area (Å²) in [6.45, 7) is -0.299. The highest BCUT2D eigenvalue weighted by atomic mass is 16.4. The Morgan fingerprint density at radius 1 is 0.846 bits per heavy atom. The highest BCUT2D eigenvalue weighted by molar-refractivity contribution is 5.94. The number of benzene rings is 1. The first-order valence-electron chi connectivity index (χ1n) is 12.5. The van der Waals surface area contributed by atoms with Crippen molar-refractivity contribution < 1.29 is 34.5 Å². The Bertz CT molecular complexity index is 970. The van der Waals surface area contributed by atoms with E-state index in [0.29, 0.717) is 24.9 Å². The number of hydrogen-bond acceptors (Lipinski definition) is 9. The number of aliphatic hydroxyl groups excluding tert-OH is 1. The van der Waals surface area contributed by atoms with E-state index in [0.717, 1.165) is 0 Å². The summed E-state index contributed by atoms with van der Waals surface area (Å²) in [5.74, 6) is -3.69. The Kier molecular flexibility index (Phi) is 14.9. The summed E-state index contributed by atoms with van der Waals surface area (Å²) in [4.78, 5) is 53.7. The first kappa shape index (κ1) is 33.1. The van der Waals surface area contributed by atoms with Crippen LogP contribution in [0.2, 0.25) is 0 Å². The smallest absolute Gasteiger partial charge is 0.326 e. The second-order valence-electron chi connectivity index (χ2n) is 8.91. The molecule has 15 nitrogen and oxygen atoms in total. The van der Waals surface area contributed by atoms with Crippen molar-refractivity contribution in [1.29, 1.82) is 0 Å². The minimum atomic E-state index is -1.48. The van der Waals surface area contributed by atoms with Gasteiger partial charge >= 0.3 is 5.97 Å². The molecule has 0 radical (unpaired) electrons. The van der Waals surface area contributed by atoms with Crippen LogP contribution in [0.5, 0.6) is 5.75 Å². The van der Waals surface area contributed by atoms with Crippen LogP contribution in [0, 0.1) is 0 Å². The summed E-state index contributed by atoms with van der Waals surface area (Å²) < 4.78 is 0. The molecule has 0 spiro atoms. The first-order chi connectivity index (χ1) is 18.5. The maximum atomic E-state index is 13.0. The number of phenolic OH excluding ortho intramolecular Hbond substituents is 1. The summed E-state index contributed by atoms with van der Waals surface area (Å²) in [7, 11) is 0. The predicted molar refractivity (Wildman–Crippen MR) is 143 cm³/mol. The van der Waals surface area contributed by atoms with Gasteiger partial charge in [0, 0.05) is 6.54 Å². The van der Waals surface area contributed by atoms with Gasteiger partial charge in [0.15, 0.2) is 5.96 Å². The molecule has 0 heterocycles. The topological polar surface area (TPSA) is 282 Å². The van der Waals surface area contributed by atoms with E-state index in [4.69, 9.17) is 22.9 Å². The van der Waals surface area contributed by atoms with Crippen LogP contribution in [0.4, 0.5) is 0 Å².